The van der Waals surface area contributed by atoms with E-state index in [4.69, 9.17) is 11.2 Å². The molecule has 32 heavy (non-hydrogen) atoms. The van der Waals surface area contributed by atoms with E-state index in [0.717, 1.165) is 16.5 Å². The summed E-state index contributed by atoms with van der Waals surface area (Å²) in [7, 11) is -2.42. The lowest BCUT2D eigenvalue weighted by Crippen LogP contribution is -2.35. The second kappa shape index (κ2) is 9.75. The highest BCUT2D eigenvalue weighted by Crippen LogP contribution is 2.35. The van der Waals surface area contributed by atoms with Crippen LogP contribution in [0.5, 0.6) is 0 Å². The summed E-state index contributed by atoms with van der Waals surface area (Å²) in [6, 6.07) is 17.7. The number of nitrogens with one attached hydrogen (secondary N) is 1. The van der Waals surface area contributed by atoms with Crippen LogP contribution in [0.1, 0.15) is 18.9 Å². The fourth-order valence-electron chi connectivity index (χ4n) is 3.69. The van der Waals surface area contributed by atoms with Gasteiger partial charge in [0.2, 0.25) is 0 Å². The van der Waals surface area contributed by atoms with Gasteiger partial charge < -0.3 is 9.64 Å². The number of hydrogen-bond donors (Lipinski definition) is 1. The zero-order valence-electron chi connectivity index (χ0n) is 18.3. The molecule has 166 valence electrons. The van der Waals surface area contributed by atoms with E-state index in [1.54, 1.807) is 37.3 Å². The predicted molar refractivity (Wildman–Crippen MR) is 128 cm³/mol. The molecule has 0 saturated carbocycles. The lowest BCUT2D eigenvalue weighted by Gasteiger charge is -2.30. The topological polar surface area (TPSA) is 75.7 Å². The zero-order chi connectivity index (χ0) is 23.3. The number of hydrogen-bond acceptors (Lipinski definition) is 5. The Hall–Kier alpha value is -3.50. The maximum absolute atomic E-state index is 13.1. The number of methoxy groups -OCH3 is 1. The van der Waals surface area contributed by atoms with Crippen LogP contribution in [0.3, 0.4) is 0 Å². The van der Waals surface area contributed by atoms with Crippen molar-refractivity contribution in [1.82, 2.24) is 0 Å². The molecule has 0 spiro atoms. The standard InChI is InChI=1S/C25H26N2O4S/c1-5-16-27(19(3)17-25(28)31-4)23-15-14-22(20-11-7-8-12-21(20)23)26-32(29,30)24-13-9-6-10-18(24)2/h1,6-15,19,26H,16-17H2,2-4H3/t19-/m0/s1. The minimum Gasteiger partial charge on any atom is -0.469 e. The van der Waals surface area contributed by atoms with Crippen molar-refractivity contribution in [2.45, 2.75) is 31.2 Å². The minimum atomic E-state index is -3.77. The maximum atomic E-state index is 13.1. The van der Waals surface area contributed by atoms with Crippen LogP contribution in [0, 0.1) is 19.3 Å². The smallest absolute Gasteiger partial charge is 0.307 e. The molecular weight excluding hydrogens is 424 g/mol. The number of fused-ring (bicyclic) bond motifs is 1. The molecule has 0 aliphatic carbocycles. The van der Waals surface area contributed by atoms with E-state index in [0.29, 0.717) is 11.3 Å². The summed E-state index contributed by atoms with van der Waals surface area (Å²) in [6.45, 7) is 3.95. The molecule has 1 N–H and O–H groups in total. The van der Waals surface area contributed by atoms with Gasteiger partial charge in [-0.3, -0.25) is 9.52 Å². The van der Waals surface area contributed by atoms with Crippen LogP contribution in [0.25, 0.3) is 10.8 Å². The molecule has 7 heteroatoms. The van der Waals surface area contributed by atoms with Crippen LogP contribution in [0.4, 0.5) is 11.4 Å². The minimum absolute atomic E-state index is 0.175. The van der Waals surface area contributed by atoms with Crippen molar-refractivity contribution in [1.29, 1.82) is 0 Å². The highest BCUT2D eigenvalue weighted by atomic mass is 32.2. The van der Waals surface area contributed by atoms with Crippen LogP contribution in [-0.2, 0) is 19.6 Å². The van der Waals surface area contributed by atoms with Crippen LogP contribution in [-0.4, -0.2) is 34.1 Å². The number of anilines is 2. The van der Waals surface area contributed by atoms with Crippen LogP contribution in [0.2, 0.25) is 0 Å². The Kier molecular flexibility index (Phi) is 7.06. The lowest BCUT2D eigenvalue weighted by molar-refractivity contribution is -0.140. The lowest BCUT2D eigenvalue weighted by atomic mass is 10.0. The number of benzene rings is 3. The molecule has 0 radical (unpaired) electrons. The summed E-state index contributed by atoms with van der Waals surface area (Å²) >= 11 is 0. The molecule has 0 heterocycles. The van der Waals surface area contributed by atoms with Crippen molar-refractivity contribution in [2.24, 2.45) is 0 Å². The molecule has 3 aromatic carbocycles. The molecule has 0 unspecified atom stereocenters. The second-order valence-electron chi connectivity index (χ2n) is 7.51. The van der Waals surface area contributed by atoms with Gasteiger partial charge in [-0.2, -0.15) is 0 Å². The highest BCUT2D eigenvalue weighted by molar-refractivity contribution is 7.92. The van der Waals surface area contributed by atoms with E-state index >= 15 is 0 Å². The molecule has 3 rings (SSSR count). The number of sulfonamides is 1. The van der Waals surface area contributed by atoms with Crippen LogP contribution < -0.4 is 9.62 Å². The molecule has 0 aliphatic rings. The third-order valence-corrected chi connectivity index (χ3v) is 6.85. The number of aryl methyl sites for hydroxylation is 1. The fourth-order valence-corrected chi connectivity index (χ4v) is 5.02. The van der Waals surface area contributed by atoms with Crippen molar-refractivity contribution in [3.63, 3.8) is 0 Å². The Morgan fingerprint density at radius 3 is 2.41 bits per heavy atom. The van der Waals surface area contributed by atoms with Crippen molar-refractivity contribution in [3.8, 4) is 12.3 Å². The summed E-state index contributed by atoms with van der Waals surface area (Å²) in [4.78, 5) is 14.0. The average Bonchev–Trinajstić information content (AvgIpc) is 2.78. The molecule has 0 bridgehead atoms. The molecule has 0 amide bonds. The normalized spacial score (nSPS) is 12.1. The third-order valence-electron chi connectivity index (χ3n) is 5.32. The number of terminal acetylenes is 1. The molecule has 0 aromatic heterocycles. The molecule has 6 nitrogen and oxygen atoms in total. The Bertz CT molecular complexity index is 1280. The van der Waals surface area contributed by atoms with E-state index < -0.39 is 10.0 Å². The quantitative estimate of drug-likeness (QED) is 0.408. The van der Waals surface area contributed by atoms with Crippen LogP contribution in [0.15, 0.2) is 65.6 Å². The summed E-state index contributed by atoms with van der Waals surface area (Å²) in [5.41, 5.74) is 1.94. The molecule has 3 aromatic rings. The average molecular weight is 451 g/mol. The van der Waals surface area contributed by atoms with Crippen molar-refractivity contribution < 1.29 is 17.9 Å². The molecule has 0 fully saturated rings. The number of rotatable bonds is 8. The van der Waals surface area contributed by atoms with Gasteiger partial charge >= 0.3 is 5.97 Å². The number of ether oxygens (including phenoxy) is 1. The van der Waals surface area contributed by atoms with E-state index in [2.05, 4.69) is 10.6 Å². The van der Waals surface area contributed by atoms with Gasteiger partial charge in [-0.05, 0) is 37.6 Å². The molecular formula is C25H26N2O4S. The predicted octanol–water partition coefficient (Wildman–Crippen LogP) is 4.34. The first-order valence-electron chi connectivity index (χ1n) is 10.2. The first kappa shape index (κ1) is 23.2. The van der Waals surface area contributed by atoms with E-state index in [-0.39, 0.29) is 29.9 Å². The second-order valence-corrected chi connectivity index (χ2v) is 9.16. The van der Waals surface area contributed by atoms with Gasteiger partial charge in [-0.25, -0.2) is 8.42 Å². The molecule has 0 saturated heterocycles. The number of esters is 1. The summed E-state index contributed by atoms with van der Waals surface area (Å²) in [5.74, 6) is 2.32. The van der Waals surface area contributed by atoms with Crippen molar-refractivity contribution in [2.75, 3.05) is 23.3 Å². The zero-order valence-corrected chi connectivity index (χ0v) is 19.1. The van der Waals surface area contributed by atoms with Crippen molar-refractivity contribution >= 4 is 38.1 Å². The molecule has 0 aliphatic heterocycles. The fraction of sp³-hybridized carbons (Fsp3) is 0.240. The first-order chi connectivity index (χ1) is 15.3. The number of nitrogens with zero attached hydrogens (tertiary/aromatic N) is 1. The van der Waals surface area contributed by atoms with Gasteiger partial charge in [0.25, 0.3) is 10.0 Å². The Morgan fingerprint density at radius 1 is 1.09 bits per heavy atom. The van der Waals surface area contributed by atoms with Gasteiger partial charge in [0, 0.05) is 22.5 Å². The van der Waals surface area contributed by atoms with Gasteiger partial charge in [0.1, 0.15) is 0 Å². The first-order valence-corrected chi connectivity index (χ1v) is 11.6. The van der Waals surface area contributed by atoms with Gasteiger partial charge in [-0.1, -0.05) is 48.4 Å². The van der Waals surface area contributed by atoms with E-state index in [9.17, 15) is 13.2 Å². The molecule has 1 atom stereocenters. The van der Waals surface area contributed by atoms with Gasteiger partial charge in [0.15, 0.2) is 0 Å². The highest BCUT2D eigenvalue weighted by Gasteiger charge is 2.22. The van der Waals surface area contributed by atoms with Crippen LogP contribution >= 0.6 is 0 Å². The summed E-state index contributed by atoms with van der Waals surface area (Å²) < 4.78 is 33.6. The van der Waals surface area contributed by atoms with Gasteiger partial charge in [-0.15, -0.1) is 6.42 Å². The third kappa shape index (κ3) is 4.87. The van der Waals surface area contributed by atoms with Gasteiger partial charge in [0.05, 0.1) is 30.7 Å². The van der Waals surface area contributed by atoms with E-state index in [1.807, 2.05) is 42.2 Å². The SMILES string of the molecule is C#CCN(c1ccc(NS(=O)(=O)c2ccccc2C)c2ccccc12)[C@@H](C)CC(=O)OC. The Morgan fingerprint density at radius 2 is 1.75 bits per heavy atom. The number of carbonyl (C=O) groups excluding carboxylic acids is 1. The summed E-state index contributed by atoms with van der Waals surface area (Å²) in [6.07, 6.45) is 5.78. The monoisotopic (exact) mass is 450 g/mol. The number of carbonyl (C=O) groups is 1. The Balaban J connectivity index is 2.06. The van der Waals surface area contributed by atoms with E-state index in [1.165, 1.54) is 7.11 Å². The largest absolute Gasteiger partial charge is 0.469 e. The maximum Gasteiger partial charge on any atom is 0.307 e. The summed E-state index contributed by atoms with van der Waals surface area (Å²) in [5, 5.41) is 1.55. The van der Waals surface area contributed by atoms with Crippen molar-refractivity contribution in [3.05, 3.63) is 66.2 Å². The Labute approximate surface area is 189 Å².